The first-order valence-electron chi connectivity index (χ1n) is 18.9. The molecule has 0 spiro atoms. The number of methoxy groups -OCH3 is 1. The summed E-state index contributed by atoms with van der Waals surface area (Å²) < 4.78 is 28.4. The van der Waals surface area contributed by atoms with Gasteiger partial charge in [-0.05, 0) is 61.7 Å². The van der Waals surface area contributed by atoms with Crippen molar-refractivity contribution in [2.45, 2.75) is 111 Å². The predicted molar refractivity (Wildman–Crippen MR) is 209 cm³/mol. The molecule has 1 aromatic carbocycles. The molecule has 1 amide bonds. The van der Waals surface area contributed by atoms with E-state index in [1.54, 1.807) is 12.0 Å². The normalized spacial score (nSPS) is 21.5. The van der Waals surface area contributed by atoms with Crippen molar-refractivity contribution in [2.24, 2.45) is 11.3 Å². The molecule has 1 saturated heterocycles. The molecule has 1 aliphatic heterocycles. The number of hydrogen-bond acceptors (Lipinski definition) is 8. The molecule has 11 nitrogen and oxygen atoms in total. The Kier molecular flexibility index (Phi) is 11.4. The highest BCUT2D eigenvalue weighted by molar-refractivity contribution is 6.76. The Morgan fingerprint density at radius 2 is 1.73 bits per heavy atom. The van der Waals surface area contributed by atoms with Crippen LogP contribution in [0, 0.1) is 11.3 Å². The zero-order valence-corrected chi connectivity index (χ0v) is 34.9. The van der Waals surface area contributed by atoms with Crippen LogP contribution in [0.3, 0.4) is 0 Å². The van der Waals surface area contributed by atoms with E-state index in [-0.39, 0.29) is 11.9 Å². The lowest BCUT2D eigenvalue weighted by Gasteiger charge is -2.33. The van der Waals surface area contributed by atoms with E-state index >= 15 is 0 Å². The van der Waals surface area contributed by atoms with Gasteiger partial charge in [-0.3, -0.25) is 14.3 Å². The van der Waals surface area contributed by atoms with Crippen LogP contribution in [0.4, 0.5) is 5.69 Å². The fourth-order valence-corrected chi connectivity index (χ4v) is 9.05. The standard InChI is InChI=1S/C38H62N6O5Si2/c1-27(42-11-13-47-14-12-42)37(45)41(3)30-19-28(24-46-4)34-32(21-30)43(25-48-15-17-50(5,6)7)36(39-34)35-31-20-29-22-38(29,2)23-33(31)44(40-35)26-49-16-18-51(8,9)10/h19,21,27,29H,11-18,20,22-26H2,1-10H3/t27-,29+,38+/m0/s1. The third-order valence-corrected chi connectivity index (χ3v) is 14.7. The molecule has 2 aliphatic carbocycles. The third kappa shape index (κ3) is 8.71. The second kappa shape index (κ2) is 15.2. The van der Waals surface area contributed by atoms with Crippen molar-refractivity contribution in [3.8, 4) is 11.5 Å². The van der Waals surface area contributed by atoms with Crippen LogP contribution >= 0.6 is 0 Å². The van der Waals surface area contributed by atoms with E-state index in [1.807, 2.05) is 14.0 Å². The highest BCUT2D eigenvalue weighted by atomic mass is 28.3. The molecular formula is C38H62N6O5Si2. The second-order valence-corrected chi connectivity index (χ2v) is 29.1. The van der Waals surface area contributed by atoms with Gasteiger partial charge in [0.1, 0.15) is 19.2 Å². The Bertz CT molecular complexity index is 1710. The number of ether oxygens (including phenoxy) is 4. The average molecular weight is 739 g/mol. The van der Waals surface area contributed by atoms with Crippen molar-refractivity contribution in [3.63, 3.8) is 0 Å². The number of imidazole rings is 1. The summed E-state index contributed by atoms with van der Waals surface area (Å²) in [5, 5.41) is 5.30. The number of nitrogens with zero attached hydrogens (tertiary/aromatic N) is 6. The van der Waals surface area contributed by atoms with E-state index in [4.69, 9.17) is 29.0 Å². The summed E-state index contributed by atoms with van der Waals surface area (Å²) >= 11 is 0. The number of rotatable bonds is 16. The first kappa shape index (κ1) is 38.3. The largest absolute Gasteiger partial charge is 0.380 e. The number of likely N-dealkylation sites (N-methyl/N-ethyl adjacent to an activating group) is 1. The monoisotopic (exact) mass is 738 g/mol. The average Bonchev–Trinajstić information content (AvgIpc) is 3.43. The molecule has 3 aromatic rings. The van der Waals surface area contributed by atoms with Crippen LogP contribution < -0.4 is 4.90 Å². The number of carbonyl (C=O) groups is 1. The number of benzene rings is 1. The smallest absolute Gasteiger partial charge is 0.243 e. The minimum Gasteiger partial charge on any atom is -0.380 e. The number of morpholine rings is 1. The Hall–Kier alpha value is -2.40. The highest BCUT2D eigenvalue weighted by Gasteiger charge is 2.54. The Balaban J connectivity index is 1.41. The van der Waals surface area contributed by atoms with Gasteiger partial charge >= 0.3 is 0 Å². The summed E-state index contributed by atoms with van der Waals surface area (Å²) in [5.74, 6) is 1.53. The lowest BCUT2D eigenvalue weighted by molar-refractivity contribution is -0.124. The van der Waals surface area contributed by atoms with Gasteiger partial charge in [-0.1, -0.05) is 46.2 Å². The van der Waals surface area contributed by atoms with Crippen molar-refractivity contribution in [3.05, 3.63) is 29.0 Å². The first-order chi connectivity index (χ1) is 24.1. The minimum atomic E-state index is -1.30. The lowest BCUT2D eigenvalue weighted by Crippen LogP contribution is -2.50. The maximum atomic E-state index is 13.9. The second-order valence-electron chi connectivity index (χ2n) is 17.9. The number of hydrogen-bond donors (Lipinski definition) is 0. The van der Waals surface area contributed by atoms with Crippen molar-refractivity contribution in [1.82, 2.24) is 24.2 Å². The van der Waals surface area contributed by atoms with Crippen LogP contribution in [-0.4, -0.2) is 106 Å². The van der Waals surface area contributed by atoms with Gasteiger partial charge in [0.2, 0.25) is 5.91 Å². The van der Waals surface area contributed by atoms with Crippen LogP contribution in [0.2, 0.25) is 51.4 Å². The van der Waals surface area contributed by atoms with Crippen LogP contribution in [0.25, 0.3) is 22.6 Å². The van der Waals surface area contributed by atoms with Gasteiger partial charge in [0.15, 0.2) is 5.82 Å². The van der Waals surface area contributed by atoms with Crippen molar-refractivity contribution in [2.75, 3.05) is 58.6 Å². The van der Waals surface area contributed by atoms with E-state index in [9.17, 15) is 4.79 Å². The summed E-state index contributed by atoms with van der Waals surface area (Å²) in [6.07, 6.45) is 3.26. The van der Waals surface area contributed by atoms with Crippen LogP contribution in [0.1, 0.15) is 37.1 Å². The molecule has 2 fully saturated rings. The van der Waals surface area contributed by atoms with Crippen molar-refractivity contribution < 1.29 is 23.7 Å². The Labute approximate surface area is 307 Å². The SMILES string of the molecule is COCc1cc(N(C)C(=O)[C@H](C)N2CCOCC2)cc2c1nc(-c1nn(COCC[Si](C)(C)C)c3c1C[C@@H]1C[C@]1(C)C3)n2COCC[Si](C)(C)C. The summed E-state index contributed by atoms with van der Waals surface area (Å²) in [7, 11) is 1.07. The van der Waals surface area contributed by atoms with E-state index in [1.165, 1.54) is 17.7 Å². The molecule has 0 bridgehead atoms. The van der Waals surface area contributed by atoms with E-state index in [0.717, 1.165) is 78.4 Å². The molecule has 51 heavy (non-hydrogen) atoms. The number of amides is 1. The van der Waals surface area contributed by atoms with E-state index in [0.29, 0.717) is 51.2 Å². The molecule has 0 unspecified atom stereocenters. The third-order valence-electron chi connectivity index (χ3n) is 11.3. The number of aromatic nitrogens is 4. The first-order valence-corrected chi connectivity index (χ1v) is 26.4. The van der Waals surface area contributed by atoms with E-state index in [2.05, 4.69) is 72.5 Å². The summed E-state index contributed by atoms with van der Waals surface area (Å²) in [5.41, 5.74) is 7.37. The maximum Gasteiger partial charge on any atom is 0.243 e. The fourth-order valence-electron chi connectivity index (χ4n) is 7.54. The summed E-state index contributed by atoms with van der Waals surface area (Å²) in [4.78, 5) is 23.2. The van der Waals surface area contributed by atoms with Gasteiger partial charge in [0.25, 0.3) is 0 Å². The van der Waals surface area contributed by atoms with Gasteiger partial charge in [-0.2, -0.15) is 5.10 Å². The molecule has 0 N–H and O–H groups in total. The van der Waals surface area contributed by atoms with E-state index < -0.39 is 16.1 Å². The molecule has 2 aromatic heterocycles. The number of carbonyl (C=O) groups excluding carboxylic acids is 1. The van der Waals surface area contributed by atoms with Gasteiger partial charge in [0, 0.05) is 79.1 Å². The fraction of sp³-hybridized carbons (Fsp3) is 0.711. The topological polar surface area (TPSA) is 96.1 Å². The summed E-state index contributed by atoms with van der Waals surface area (Å²) in [6.45, 7) is 24.1. The minimum absolute atomic E-state index is 0.0479. The molecule has 6 rings (SSSR count). The maximum absolute atomic E-state index is 13.9. The molecule has 1 saturated carbocycles. The van der Waals surface area contributed by atoms with Gasteiger partial charge in [-0.25, -0.2) is 9.67 Å². The predicted octanol–water partition coefficient (Wildman–Crippen LogP) is 6.48. The number of anilines is 1. The van der Waals surface area contributed by atoms with Gasteiger partial charge in [0.05, 0.1) is 36.9 Å². The van der Waals surface area contributed by atoms with Crippen LogP contribution in [0.15, 0.2) is 12.1 Å². The molecule has 282 valence electrons. The molecule has 3 heterocycles. The van der Waals surface area contributed by atoms with Crippen molar-refractivity contribution in [1.29, 1.82) is 0 Å². The molecule has 3 aliphatic rings. The lowest BCUT2D eigenvalue weighted by atomic mass is 9.87. The zero-order chi connectivity index (χ0) is 36.7. The Morgan fingerprint density at radius 1 is 1.06 bits per heavy atom. The van der Waals surface area contributed by atoms with Crippen LogP contribution in [0.5, 0.6) is 0 Å². The molecule has 3 atom stereocenters. The Morgan fingerprint density at radius 3 is 2.37 bits per heavy atom. The molecular weight excluding hydrogens is 677 g/mol. The number of fused-ring (bicyclic) bond motifs is 3. The van der Waals surface area contributed by atoms with Crippen molar-refractivity contribution >= 4 is 38.8 Å². The van der Waals surface area contributed by atoms with Gasteiger partial charge < -0.3 is 23.8 Å². The summed E-state index contributed by atoms with van der Waals surface area (Å²) in [6, 6.07) is 6.09. The van der Waals surface area contributed by atoms with Crippen LogP contribution in [-0.2, 0) is 56.7 Å². The highest BCUT2D eigenvalue weighted by Crippen LogP contribution is 2.60. The van der Waals surface area contributed by atoms with Gasteiger partial charge in [-0.15, -0.1) is 0 Å². The quantitative estimate of drug-likeness (QED) is 0.122. The zero-order valence-electron chi connectivity index (χ0n) is 32.9. The molecule has 13 heteroatoms. The molecule has 0 radical (unpaired) electrons.